The highest BCUT2D eigenvalue weighted by Gasteiger charge is 2.26. The van der Waals surface area contributed by atoms with Crippen molar-refractivity contribution in [1.82, 2.24) is 10.0 Å². The third-order valence-corrected chi connectivity index (χ3v) is 6.78. The maximum atomic E-state index is 12.8. The number of carbonyl (C=O) groups excluding carboxylic acids is 1. The number of rotatable bonds is 10. The standard InChI is InChI=1S/C20H25BrN2O3S2/c1-15(14-16-8-10-17(21)11-9-16)22-20(24)19(12-13-27-2)23-28(25,26)18-6-4-3-5-7-18/h3-11,15,19,23H,12-14H2,1-2H3,(H,22,24). The highest BCUT2D eigenvalue weighted by molar-refractivity contribution is 9.10. The lowest BCUT2D eigenvalue weighted by Gasteiger charge is -2.21. The van der Waals surface area contributed by atoms with Crippen LogP contribution in [-0.2, 0) is 21.2 Å². The molecule has 0 aliphatic heterocycles. The van der Waals surface area contributed by atoms with E-state index in [-0.39, 0.29) is 16.8 Å². The van der Waals surface area contributed by atoms with Crippen molar-refractivity contribution in [2.24, 2.45) is 0 Å². The van der Waals surface area contributed by atoms with Crippen LogP contribution in [0.1, 0.15) is 18.9 Å². The molecule has 2 rings (SSSR count). The predicted octanol–water partition coefficient (Wildman–Crippen LogP) is 3.60. The van der Waals surface area contributed by atoms with E-state index in [1.165, 1.54) is 12.1 Å². The number of benzene rings is 2. The molecule has 0 aliphatic rings. The van der Waals surface area contributed by atoms with Gasteiger partial charge in [-0.05, 0) is 61.6 Å². The van der Waals surface area contributed by atoms with Crippen molar-refractivity contribution in [3.63, 3.8) is 0 Å². The van der Waals surface area contributed by atoms with Gasteiger partial charge in [-0.15, -0.1) is 0 Å². The van der Waals surface area contributed by atoms with Crippen molar-refractivity contribution in [3.8, 4) is 0 Å². The number of hydrogen-bond acceptors (Lipinski definition) is 4. The minimum Gasteiger partial charge on any atom is -0.352 e. The molecule has 0 heterocycles. The first-order valence-corrected chi connectivity index (χ1v) is 12.6. The second-order valence-corrected chi connectivity index (χ2v) is 10.1. The summed E-state index contributed by atoms with van der Waals surface area (Å²) in [6.07, 6.45) is 3.01. The summed E-state index contributed by atoms with van der Waals surface area (Å²) in [6, 6.07) is 15.1. The molecule has 0 aliphatic carbocycles. The minimum absolute atomic E-state index is 0.119. The van der Waals surface area contributed by atoms with E-state index >= 15 is 0 Å². The van der Waals surface area contributed by atoms with Crippen molar-refractivity contribution < 1.29 is 13.2 Å². The average molecular weight is 485 g/mol. The first kappa shape index (κ1) is 22.9. The summed E-state index contributed by atoms with van der Waals surface area (Å²) in [5.41, 5.74) is 1.10. The summed E-state index contributed by atoms with van der Waals surface area (Å²) < 4.78 is 28.8. The minimum atomic E-state index is -3.76. The second-order valence-electron chi connectivity index (χ2n) is 6.51. The molecule has 0 bridgehead atoms. The fraction of sp³-hybridized carbons (Fsp3) is 0.350. The van der Waals surface area contributed by atoms with Gasteiger partial charge < -0.3 is 5.32 Å². The summed E-state index contributed by atoms with van der Waals surface area (Å²) in [6.45, 7) is 1.91. The van der Waals surface area contributed by atoms with Crippen LogP contribution in [-0.4, -0.2) is 38.4 Å². The van der Waals surface area contributed by atoms with E-state index in [4.69, 9.17) is 0 Å². The van der Waals surface area contributed by atoms with Gasteiger partial charge in [-0.3, -0.25) is 4.79 Å². The van der Waals surface area contributed by atoms with E-state index in [1.807, 2.05) is 37.4 Å². The molecule has 1 amide bonds. The summed E-state index contributed by atoms with van der Waals surface area (Å²) in [4.78, 5) is 12.9. The van der Waals surface area contributed by atoms with Gasteiger partial charge in [0.2, 0.25) is 15.9 Å². The highest BCUT2D eigenvalue weighted by atomic mass is 79.9. The number of carbonyl (C=O) groups is 1. The van der Waals surface area contributed by atoms with E-state index in [9.17, 15) is 13.2 Å². The topological polar surface area (TPSA) is 75.3 Å². The number of sulfonamides is 1. The molecular weight excluding hydrogens is 460 g/mol. The van der Waals surface area contributed by atoms with Crippen molar-refractivity contribution >= 4 is 43.6 Å². The predicted molar refractivity (Wildman–Crippen MR) is 119 cm³/mol. The van der Waals surface area contributed by atoms with Gasteiger partial charge in [0, 0.05) is 10.5 Å². The molecule has 8 heteroatoms. The van der Waals surface area contributed by atoms with Gasteiger partial charge in [-0.25, -0.2) is 8.42 Å². The van der Waals surface area contributed by atoms with Crippen molar-refractivity contribution in [1.29, 1.82) is 0 Å². The Bertz CT molecular complexity index is 859. The van der Waals surface area contributed by atoms with Gasteiger partial charge in [0.15, 0.2) is 0 Å². The molecule has 152 valence electrons. The van der Waals surface area contributed by atoms with Gasteiger partial charge in [0.05, 0.1) is 4.90 Å². The molecule has 5 nitrogen and oxygen atoms in total. The van der Waals surface area contributed by atoms with Gasteiger partial charge in [-0.2, -0.15) is 16.5 Å². The number of nitrogens with one attached hydrogen (secondary N) is 2. The zero-order valence-electron chi connectivity index (χ0n) is 15.9. The normalized spacial score (nSPS) is 13.7. The molecule has 0 aromatic heterocycles. The zero-order chi connectivity index (χ0) is 20.6. The molecule has 0 spiro atoms. The first-order chi connectivity index (χ1) is 13.3. The molecule has 0 saturated heterocycles. The van der Waals surface area contributed by atoms with Crippen molar-refractivity contribution in [2.45, 2.75) is 36.7 Å². The van der Waals surface area contributed by atoms with E-state index in [1.54, 1.807) is 30.0 Å². The van der Waals surface area contributed by atoms with Crippen LogP contribution < -0.4 is 10.0 Å². The Labute approximate surface area is 179 Å². The van der Waals surface area contributed by atoms with E-state index < -0.39 is 16.1 Å². The zero-order valence-corrected chi connectivity index (χ0v) is 19.1. The van der Waals surface area contributed by atoms with Crippen LogP contribution in [0.5, 0.6) is 0 Å². The summed E-state index contributed by atoms with van der Waals surface area (Å²) >= 11 is 4.98. The number of amides is 1. The Kier molecular flexibility index (Phi) is 9.01. The van der Waals surface area contributed by atoms with E-state index in [2.05, 4.69) is 26.0 Å². The Morgan fingerprint density at radius 3 is 2.36 bits per heavy atom. The SMILES string of the molecule is CSCCC(NS(=O)(=O)c1ccccc1)C(=O)NC(C)Cc1ccc(Br)cc1. The van der Waals surface area contributed by atoms with Crippen LogP contribution >= 0.6 is 27.7 Å². The molecule has 0 fully saturated rings. The maximum Gasteiger partial charge on any atom is 0.241 e. The van der Waals surface area contributed by atoms with Gasteiger partial charge >= 0.3 is 0 Å². The third-order valence-electron chi connectivity index (χ3n) is 4.12. The van der Waals surface area contributed by atoms with Gasteiger partial charge in [0.25, 0.3) is 0 Å². The molecule has 2 atom stereocenters. The lowest BCUT2D eigenvalue weighted by Crippen LogP contribution is -2.49. The van der Waals surface area contributed by atoms with E-state index in [0.717, 1.165) is 10.0 Å². The second kappa shape index (κ2) is 11.0. The quantitative estimate of drug-likeness (QED) is 0.540. The molecule has 28 heavy (non-hydrogen) atoms. The van der Waals surface area contributed by atoms with Crippen molar-refractivity contribution in [3.05, 3.63) is 64.6 Å². The third kappa shape index (κ3) is 7.24. The van der Waals surface area contributed by atoms with Crippen molar-refractivity contribution in [2.75, 3.05) is 12.0 Å². The van der Waals surface area contributed by atoms with Crippen LogP contribution in [0.4, 0.5) is 0 Å². The Hall–Kier alpha value is -1.35. The summed E-state index contributed by atoms with van der Waals surface area (Å²) in [7, 11) is -3.76. The molecule has 2 unspecified atom stereocenters. The summed E-state index contributed by atoms with van der Waals surface area (Å²) in [5, 5.41) is 2.94. The smallest absolute Gasteiger partial charge is 0.241 e. The molecular formula is C20H25BrN2O3S2. The molecule has 2 aromatic carbocycles. The Morgan fingerprint density at radius 2 is 1.75 bits per heavy atom. The first-order valence-electron chi connectivity index (χ1n) is 8.93. The maximum absolute atomic E-state index is 12.8. The number of hydrogen-bond donors (Lipinski definition) is 2. The lowest BCUT2D eigenvalue weighted by molar-refractivity contribution is -0.123. The van der Waals surface area contributed by atoms with Crippen LogP contribution in [0.3, 0.4) is 0 Å². The highest BCUT2D eigenvalue weighted by Crippen LogP contribution is 2.13. The Balaban J connectivity index is 2.04. The monoisotopic (exact) mass is 484 g/mol. The molecule has 0 radical (unpaired) electrons. The fourth-order valence-electron chi connectivity index (χ4n) is 2.70. The Morgan fingerprint density at radius 1 is 1.11 bits per heavy atom. The van der Waals surface area contributed by atoms with Gasteiger partial charge in [0.1, 0.15) is 6.04 Å². The van der Waals surface area contributed by atoms with Crippen LogP contribution in [0.15, 0.2) is 64.0 Å². The number of halogens is 1. The van der Waals surface area contributed by atoms with Crippen LogP contribution in [0.25, 0.3) is 0 Å². The van der Waals surface area contributed by atoms with Crippen LogP contribution in [0.2, 0.25) is 0 Å². The molecule has 2 N–H and O–H groups in total. The largest absolute Gasteiger partial charge is 0.352 e. The van der Waals surface area contributed by atoms with Gasteiger partial charge in [-0.1, -0.05) is 46.3 Å². The fourth-order valence-corrected chi connectivity index (χ4v) is 4.69. The average Bonchev–Trinajstić information content (AvgIpc) is 2.67. The lowest BCUT2D eigenvalue weighted by atomic mass is 10.1. The molecule has 2 aromatic rings. The summed E-state index contributed by atoms with van der Waals surface area (Å²) in [5.74, 6) is 0.370. The van der Waals surface area contributed by atoms with Crippen LogP contribution in [0, 0.1) is 0 Å². The van der Waals surface area contributed by atoms with E-state index in [0.29, 0.717) is 18.6 Å². The molecule has 0 saturated carbocycles. The number of thioether (sulfide) groups is 1.